The average Bonchev–Trinajstić information content (AvgIpc) is 2.64. The topological polar surface area (TPSA) is 86.8 Å². The number of amides is 2. The molecule has 1 unspecified atom stereocenters. The van der Waals surface area contributed by atoms with Crippen molar-refractivity contribution in [1.29, 1.82) is 0 Å². The van der Waals surface area contributed by atoms with Crippen molar-refractivity contribution in [3.05, 3.63) is 35.4 Å². The normalized spacial score (nSPS) is 17.3. The Bertz CT molecular complexity index is 834. The van der Waals surface area contributed by atoms with Gasteiger partial charge in [-0.25, -0.2) is 8.42 Å². The first kappa shape index (κ1) is 23.3. The predicted molar refractivity (Wildman–Crippen MR) is 114 cm³/mol. The van der Waals surface area contributed by atoms with Gasteiger partial charge in [-0.2, -0.15) is 4.31 Å². The van der Waals surface area contributed by atoms with E-state index in [9.17, 15) is 18.0 Å². The second-order valence-corrected chi connectivity index (χ2v) is 11.0. The minimum absolute atomic E-state index is 0.000442. The molecule has 0 bridgehead atoms. The van der Waals surface area contributed by atoms with Gasteiger partial charge in [-0.15, -0.1) is 0 Å². The van der Waals surface area contributed by atoms with E-state index in [1.807, 2.05) is 26.0 Å². The number of piperazine rings is 1. The zero-order valence-electron chi connectivity index (χ0n) is 18.2. The number of rotatable bonds is 5. The fourth-order valence-corrected chi connectivity index (χ4v) is 4.12. The summed E-state index contributed by atoms with van der Waals surface area (Å²) >= 11 is 0. The number of carbonyl (C=O) groups excluding carboxylic acids is 2. The molecule has 1 aliphatic heterocycles. The molecule has 1 saturated heterocycles. The van der Waals surface area contributed by atoms with Crippen LogP contribution >= 0.6 is 0 Å². The van der Waals surface area contributed by atoms with Crippen molar-refractivity contribution in [2.45, 2.75) is 46.1 Å². The van der Waals surface area contributed by atoms with Crippen LogP contribution in [0, 0.1) is 5.92 Å². The lowest BCUT2D eigenvalue weighted by Gasteiger charge is -2.36. The van der Waals surface area contributed by atoms with Gasteiger partial charge in [-0.1, -0.05) is 46.8 Å². The second kappa shape index (κ2) is 8.83. The van der Waals surface area contributed by atoms with Gasteiger partial charge in [-0.3, -0.25) is 9.59 Å². The van der Waals surface area contributed by atoms with E-state index >= 15 is 0 Å². The monoisotopic (exact) mass is 423 g/mol. The van der Waals surface area contributed by atoms with Crippen LogP contribution in [0.1, 0.15) is 50.5 Å². The molecule has 0 aliphatic carbocycles. The summed E-state index contributed by atoms with van der Waals surface area (Å²) in [5.41, 5.74) is 1.65. The minimum Gasteiger partial charge on any atom is -0.340 e. The number of hydrogen-bond donors (Lipinski definition) is 1. The number of hydrogen-bond acceptors (Lipinski definition) is 4. The number of sulfonamides is 1. The van der Waals surface area contributed by atoms with Gasteiger partial charge in [0, 0.05) is 31.7 Å². The molecule has 8 heteroatoms. The largest absolute Gasteiger partial charge is 0.340 e. The van der Waals surface area contributed by atoms with Gasteiger partial charge in [-0.05, 0) is 29.0 Å². The van der Waals surface area contributed by atoms with Crippen LogP contribution in [0.5, 0.6) is 0 Å². The van der Waals surface area contributed by atoms with E-state index < -0.39 is 16.1 Å². The Morgan fingerprint density at radius 2 is 1.52 bits per heavy atom. The molecular formula is C21H33N3O4S. The summed E-state index contributed by atoms with van der Waals surface area (Å²) < 4.78 is 24.7. The number of carbonyl (C=O) groups is 2. The molecule has 1 N–H and O–H groups in total. The highest BCUT2D eigenvalue weighted by Crippen LogP contribution is 2.22. The average molecular weight is 424 g/mol. The van der Waals surface area contributed by atoms with Crippen molar-refractivity contribution in [1.82, 2.24) is 14.5 Å². The zero-order chi connectivity index (χ0) is 22.0. The van der Waals surface area contributed by atoms with Gasteiger partial charge >= 0.3 is 0 Å². The van der Waals surface area contributed by atoms with E-state index in [2.05, 4.69) is 26.1 Å². The van der Waals surface area contributed by atoms with E-state index in [1.54, 1.807) is 17.0 Å². The van der Waals surface area contributed by atoms with Gasteiger partial charge < -0.3 is 10.2 Å². The molecule has 1 aromatic carbocycles. The van der Waals surface area contributed by atoms with Crippen LogP contribution in [0.4, 0.5) is 0 Å². The van der Waals surface area contributed by atoms with Crippen molar-refractivity contribution in [3.63, 3.8) is 0 Å². The molecule has 0 aromatic heterocycles. The van der Waals surface area contributed by atoms with E-state index in [0.29, 0.717) is 18.7 Å². The summed E-state index contributed by atoms with van der Waals surface area (Å²) in [6, 6.07) is 6.78. The summed E-state index contributed by atoms with van der Waals surface area (Å²) in [5.74, 6) is -0.548. The molecule has 162 valence electrons. The lowest BCUT2D eigenvalue weighted by atomic mass is 9.86. The molecule has 1 aromatic rings. The number of benzene rings is 1. The summed E-state index contributed by atoms with van der Waals surface area (Å²) in [7, 11) is -3.26. The fourth-order valence-electron chi connectivity index (χ4n) is 3.30. The Morgan fingerprint density at radius 3 is 1.93 bits per heavy atom. The molecule has 0 spiro atoms. The molecule has 2 rings (SSSR count). The standard InChI is InChI=1S/C21H33N3O4S/c1-15(2)18(20(26)23-11-13-24(14-12-23)29(6,27)28)22-19(25)16-7-9-17(10-8-16)21(3,4)5/h7-10,15,18H,11-14H2,1-6H3,(H,22,25). The van der Waals surface area contributed by atoms with Crippen LogP contribution in [0.25, 0.3) is 0 Å². The highest BCUT2D eigenvalue weighted by atomic mass is 32.2. The maximum Gasteiger partial charge on any atom is 0.251 e. The van der Waals surface area contributed by atoms with Gasteiger partial charge in [0.05, 0.1) is 6.26 Å². The second-order valence-electron chi connectivity index (χ2n) is 9.01. The van der Waals surface area contributed by atoms with Gasteiger partial charge in [0.2, 0.25) is 15.9 Å². The Hall–Kier alpha value is -1.93. The third kappa shape index (κ3) is 6.02. The predicted octanol–water partition coefficient (Wildman–Crippen LogP) is 1.84. The Morgan fingerprint density at radius 1 is 1.00 bits per heavy atom. The Kier molecular flexibility index (Phi) is 7.11. The van der Waals surface area contributed by atoms with Crippen LogP contribution in [-0.2, 0) is 20.2 Å². The quantitative estimate of drug-likeness (QED) is 0.783. The maximum absolute atomic E-state index is 13.0. The third-order valence-electron chi connectivity index (χ3n) is 5.25. The van der Waals surface area contributed by atoms with Crippen LogP contribution in [0.2, 0.25) is 0 Å². The minimum atomic E-state index is -3.26. The highest BCUT2D eigenvalue weighted by Gasteiger charge is 2.32. The smallest absolute Gasteiger partial charge is 0.251 e. The van der Waals surface area contributed by atoms with Crippen molar-refractivity contribution in [2.24, 2.45) is 5.92 Å². The summed E-state index contributed by atoms with van der Waals surface area (Å²) in [6.45, 7) is 11.3. The molecule has 0 radical (unpaired) electrons. The molecule has 1 atom stereocenters. The first-order valence-corrected chi connectivity index (χ1v) is 11.8. The summed E-state index contributed by atoms with van der Waals surface area (Å²) in [6.07, 6.45) is 1.17. The highest BCUT2D eigenvalue weighted by molar-refractivity contribution is 7.88. The summed E-state index contributed by atoms with van der Waals surface area (Å²) in [4.78, 5) is 27.3. The first-order valence-electron chi connectivity index (χ1n) is 9.96. The van der Waals surface area contributed by atoms with Crippen molar-refractivity contribution in [2.75, 3.05) is 32.4 Å². The Labute approximate surface area is 174 Å². The molecular weight excluding hydrogens is 390 g/mol. The Balaban J connectivity index is 2.06. The van der Waals surface area contributed by atoms with Gasteiger partial charge in [0.15, 0.2) is 0 Å². The fraction of sp³-hybridized carbons (Fsp3) is 0.619. The van der Waals surface area contributed by atoms with E-state index in [-0.39, 0.29) is 36.2 Å². The van der Waals surface area contributed by atoms with E-state index in [4.69, 9.17) is 0 Å². The van der Waals surface area contributed by atoms with Crippen LogP contribution < -0.4 is 5.32 Å². The molecule has 2 amide bonds. The summed E-state index contributed by atoms with van der Waals surface area (Å²) in [5, 5.41) is 2.87. The van der Waals surface area contributed by atoms with Gasteiger partial charge in [0.25, 0.3) is 5.91 Å². The van der Waals surface area contributed by atoms with Crippen molar-refractivity contribution in [3.8, 4) is 0 Å². The van der Waals surface area contributed by atoms with E-state index in [0.717, 1.165) is 5.56 Å². The number of nitrogens with zero attached hydrogens (tertiary/aromatic N) is 2. The van der Waals surface area contributed by atoms with Crippen molar-refractivity contribution >= 4 is 21.8 Å². The lowest BCUT2D eigenvalue weighted by Crippen LogP contribution is -2.57. The molecule has 0 saturated carbocycles. The van der Waals surface area contributed by atoms with Gasteiger partial charge in [0.1, 0.15) is 6.04 Å². The number of nitrogens with one attached hydrogen (secondary N) is 1. The van der Waals surface area contributed by atoms with Crippen LogP contribution in [-0.4, -0.2) is 67.9 Å². The van der Waals surface area contributed by atoms with Crippen LogP contribution in [0.15, 0.2) is 24.3 Å². The third-order valence-corrected chi connectivity index (χ3v) is 6.55. The molecule has 1 fully saturated rings. The lowest BCUT2D eigenvalue weighted by molar-refractivity contribution is -0.135. The first-order chi connectivity index (χ1) is 13.3. The van der Waals surface area contributed by atoms with Crippen LogP contribution in [0.3, 0.4) is 0 Å². The van der Waals surface area contributed by atoms with Crippen molar-refractivity contribution < 1.29 is 18.0 Å². The van der Waals surface area contributed by atoms with E-state index in [1.165, 1.54) is 10.6 Å². The molecule has 7 nitrogen and oxygen atoms in total. The molecule has 1 aliphatic rings. The molecule has 1 heterocycles. The SMILES string of the molecule is CC(C)C(NC(=O)c1ccc(C(C)(C)C)cc1)C(=O)N1CCN(S(C)(=O)=O)CC1. The zero-order valence-corrected chi connectivity index (χ0v) is 19.0. The molecule has 29 heavy (non-hydrogen) atoms. The maximum atomic E-state index is 13.0.